The lowest BCUT2D eigenvalue weighted by Gasteiger charge is -2.11. The zero-order valence-corrected chi connectivity index (χ0v) is 53.3. The van der Waals surface area contributed by atoms with Crippen LogP contribution in [0.3, 0.4) is 0 Å². The highest BCUT2D eigenvalue weighted by atomic mass is 35.5. The highest BCUT2D eigenvalue weighted by Crippen LogP contribution is 2.50. The van der Waals surface area contributed by atoms with Crippen LogP contribution in [0.15, 0.2) is 328 Å². The maximum atomic E-state index is 6.08. The number of pyridine rings is 2. The van der Waals surface area contributed by atoms with Crippen LogP contribution in [0.4, 0.5) is 0 Å². The Labute approximate surface area is 564 Å². The molecule has 5 aromatic heterocycles. The normalized spacial score (nSPS) is 12.1. The Morgan fingerprint density at radius 2 is 0.639 bits per heavy atom. The monoisotopic (exact) mass is 1250 g/mol. The van der Waals surface area contributed by atoms with Gasteiger partial charge in [-0.2, -0.15) is 0 Å². The van der Waals surface area contributed by atoms with Crippen molar-refractivity contribution in [3.8, 4) is 95.1 Å². The molecule has 452 valence electrons. The topological polar surface area (TPSA) is 40.6 Å². The predicted octanol–water partition coefficient (Wildman–Crippen LogP) is 24.3. The fourth-order valence-electron chi connectivity index (χ4n) is 16.2. The summed E-state index contributed by atoms with van der Waals surface area (Å²) in [6.07, 6.45) is 1.02. The molecule has 0 amide bonds. The summed E-state index contributed by atoms with van der Waals surface area (Å²) in [4.78, 5) is 9.72. The van der Waals surface area contributed by atoms with E-state index in [2.05, 4.69) is 328 Å². The molecular formula is C91H56ClN5. The number of aromatic nitrogens is 5. The quantitative estimate of drug-likeness (QED) is 0.161. The molecule has 0 saturated carbocycles. The molecule has 6 heteroatoms. The van der Waals surface area contributed by atoms with Crippen molar-refractivity contribution in [3.63, 3.8) is 0 Å². The second-order valence-corrected chi connectivity index (χ2v) is 26.0. The van der Waals surface area contributed by atoms with Crippen molar-refractivity contribution in [3.05, 3.63) is 344 Å². The minimum absolute atomic E-state index is 0.557. The van der Waals surface area contributed by atoms with E-state index in [4.69, 9.17) is 16.6 Å². The van der Waals surface area contributed by atoms with E-state index in [1.807, 2.05) is 18.2 Å². The molecule has 97 heavy (non-hydrogen) atoms. The van der Waals surface area contributed by atoms with Crippen molar-refractivity contribution in [2.45, 2.75) is 6.42 Å². The number of hydrogen-bond donors (Lipinski definition) is 0. The first-order chi connectivity index (χ1) is 48.0. The fraction of sp³-hybridized carbons (Fsp3) is 0.0110. The lowest BCUT2D eigenvalue weighted by Crippen LogP contribution is -1.98. The van der Waals surface area contributed by atoms with Crippen LogP contribution < -0.4 is 0 Å². The molecule has 0 atom stereocenters. The molecule has 0 saturated heterocycles. The summed E-state index contributed by atoms with van der Waals surface area (Å²) in [5.41, 5.74) is 32.2. The van der Waals surface area contributed by atoms with Crippen LogP contribution >= 0.6 is 11.6 Å². The van der Waals surface area contributed by atoms with Crippen molar-refractivity contribution in [2.75, 3.05) is 0 Å². The molecule has 3 aliphatic carbocycles. The van der Waals surface area contributed by atoms with E-state index in [0.29, 0.717) is 5.15 Å². The standard InChI is InChI=1S/C45H27N3.C31H21N.C15H8ClN/c1-2-11-30(12-3-1)47-40-19-8-7-16-34(40)37-25-28(22-24-42(37)47)29-21-23-35-33-15-6-9-20-41(33)48(43(35)26-29)44-27-38-32-14-5-4-13-31(32)36-17-10-18-39(46-44)45(36)38;1-2-9-25(10-3-1)32-30-13-7-6-12-28(30)29-20-22(15-17-31(29)32)21-14-16-27-24(18-21)19-23-8-4-5-11-26(23)27;16-14-8-12-10-5-2-1-4-9(10)11-6-3-7-13(17-14)15(11)12/h1-27H;1-18,20H,19H2;1-8H. The molecule has 0 N–H and O–H groups in total. The average Bonchev–Trinajstić information content (AvgIpc) is 1.64. The number of halogens is 1. The van der Waals surface area contributed by atoms with Crippen LogP contribution in [-0.4, -0.2) is 23.7 Å². The molecule has 0 unspecified atom stereocenters. The average molecular weight is 1250 g/mol. The summed E-state index contributed by atoms with van der Waals surface area (Å²) < 4.78 is 7.10. The van der Waals surface area contributed by atoms with Gasteiger partial charge < -0.3 is 9.13 Å². The number of hydrogen-bond acceptors (Lipinski definition) is 2. The third-order valence-electron chi connectivity index (χ3n) is 20.4. The van der Waals surface area contributed by atoms with Gasteiger partial charge in [0.15, 0.2) is 0 Å². The zero-order chi connectivity index (χ0) is 63.8. The minimum atomic E-state index is 0.557. The SMILES string of the molecule is Clc1cc2c3c(cccc3n1)-c1ccccc1-2.c1ccc(-n2c3ccccc3c3cc(-c4ccc5c(c4)Cc4ccccc4-5)ccc32)cc1.c1ccc(-n2c3ccccc3c3cc(-c4ccc5c6ccccc6n(-c6cc7c8c(cccc8n6)-c6ccccc6-7)c5c4)ccc32)cc1. The first kappa shape index (κ1) is 55.1. The molecule has 0 fully saturated rings. The van der Waals surface area contributed by atoms with Crippen LogP contribution in [0.5, 0.6) is 0 Å². The largest absolute Gasteiger partial charge is 0.309 e. The van der Waals surface area contributed by atoms with Gasteiger partial charge in [0, 0.05) is 54.5 Å². The summed E-state index contributed by atoms with van der Waals surface area (Å²) in [6, 6.07) is 118. The van der Waals surface area contributed by atoms with Gasteiger partial charge in [0.05, 0.1) is 44.1 Å². The minimum Gasteiger partial charge on any atom is -0.309 e. The highest BCUT2D eigenvalue weighted by molar-refractivity contribution is 6.31. The molecule has 5 heterocycles. The van der Waals surface area contributed by atoms with E-state index in [9.17, 15) is 0 Å². The number of rotatable bonds is 5. The Morgan fingerprint density at radius 1 is 0.237 bits per heavy atom. The van der Waals surface area contributed by atoms with Gasteiger partial charge in [0.1, 0.15) is 11.0 Å². The van der Waals surface area contributed by atoms with Crippen LogP contribution in [0.25, 0.3) is 182 Å². The molecule has 5 nitrogen and oxygen atoms in total. The van der Waals surface area contributed by atoms with Crippen LogP contribution in [0.1, 0.15) is 11.1 Å². The predicted molar refractivity (Wildman–Crippen MR) is 406 cm³/mol. The maximum Gasteiger partial charge on any atom is 0.138 e. The Bertz CT molecular complexity index is 6490. The second kappa shape index (κ2) is 21.8. The van der Waals surface area contributed by atoms with Crippen molar-refractivity contribution in [2.24, 2.45) is 0 Å². The van der Waals surface area contributed by atoms with Crippen molar-refractivity contribution in [1.82, 2.24) is 23.7 Å². The van der Waals surface area contributed by atoms with E-state index in [1.165, 1.54) is 166 Å². The van der Waals surface area contributed by atoms with Gasteiger partial charge in [0.25, 0.3) is 0 Å². The molecule has 14 aromatic carbocycles. The Morgan fingerprint density at radius 3 is 1.23 bits per heavy atom. The van der Waals surface area contributed by atoms with Gasteiger partial charge >= 0.3 is 0 Å². The lowest BCUT2D eigenvalue weighted by molar-refractivity contribution is 1.10. The maximum absolute atomic E-state index is 6.08. The molecule has 3 aliphatic rings. The molecule has 0 radical (unpaired) electrons. The van der Waals surface area contributed by atoms with Gasteiger partial charge in [0.2, 0.25) is 0 Å². The lowest BCUT2D eigenvalue weighted by atomic mass is 9.98. The number of nitrogens with zero attached hydrogens (tertiary/aromatic N) is 5. The van der Waals surface area contributed by atoms with Gasteiger partial charge in [-0.1, -0.05) is 242 Å². The fourth-order valence-corrected chi connectivity index (χ4v) is 16.4. The Kier molecular flexibility index (Phi) is 12.4. The van der Waals surface area contributed by atoms with Crippen molar-refractivity contribution < 1.29 is 0 Å². The zero-order valence-electron chi connectivity index (χ0n) is 52.5. The van der Waals surface area contributed by atoms with E-state index >= 15 is 0 Å². The van der Waals surface area contributed by atoms with Gasteiger partial charge in [-0.05, 0) is 192 Å². The molecule has 0 bridgehead atoms. The Hall–Kier alpha value is -12.4. The Balaban J connectivity index is 0.000000111. The summed E-state index contributed by atoms with van der Waals surface area (Å²) in [5.74, 6) is 0.941. The molecular weight excluding hydrogens is 1200 g/mol. The summed E-state index contributed by atoms with van der Waals surface area (Å²) in [5, 5.41) is 10.6. The van der Waals surface area contributed by atoms with Gasteiger partial charge in [-0.15, -0.1) is 0 Å². The first-order valence-corrected chi connectivity index (χ1v) is 33.6. The van der Waals surface area contributed by atoms with Crippen LogP contribution in [-0.2, 0) is 6.42 Å². The first-order valence-electron chi connectivity index (χ1n) is 33.2. The van der Waals surface area contributed by atoms with E-state index in [1.54, 1.807) is 0 Å². The van der Waals surface area contributed by atoms with Crippen LogP contribution in [0.2, 0.25) is 5.15 Å². The summed E-state index contributed by atoms with van der Waals surface area (Å²) >= 11 is 6.08. The number of fused-ring (bicyclic) bond motifs is 18. The van der Waals surface area contributed by atoms with Crippen molar-refractivity contribution >= 4 is 98.8 Å². The summed E-state index contributed by atoms with van der Waals surface area (Å²) in [7, 11) is 0. The van der Waals surface area contributed by atoms with Crippen LogP contribution in [0, 0.1) is 0 Å². The van der Waals surface area contributed by atoms with E-state index in [-0.39, 0.29) is 0 Å². The summed E-state index contributed by atoms with van der Waals surface area (Å²) in [6.45, 7) is 0. The molecule has 0 spiro atoms. The van der Waals surface area contributed by atoms with Crippen molar-refractivity contribution in [1.29, 1.82) is 0 Å². The number of benzene rings is 14. The van der Waals surface area contributed by atoms with E-state index in [0.717, 1.165) is 34.3 Å². The molecule has 0 aliphatic heterocycles. The van der Waals surface area contributed by atoms with E-state index < -0.39 is 0 Å². The third-order valence-corrected chi connectivity index (χ3v) is 20.6. The van der Waals surface area contributed by atoms with Gasteiger partial charge in [-0.3, -0.25) is 4.57 Å². The van der Waals surface area contributed by atoms with Gasteiger partial charge in [-0.25, -0.2) is 9.97 Å². The molecule has 22 rings (SSSR count). The highest BCUT2D eigenvalue weighted by Gasteiger charge is 2.26. The smallest absolute Gasteiger partial charge is 0.138 e. The third kappa shape index (κ3) is 8.65. The second-order valence-electron chi connectivity index (χ2n) is 25.6. The number of para-hydroxylation sites is 5. The molecule has 19 aromatic rings.